The van der Waals surface area contributed by atoms with Gasteiger partial charge in [0.1, 0.15) is 11.9 Å². The highest BCUT2D eigenvalue weighted by molar-refractivity contribution is 9.10. The molecule has 2 rings (SSSR count). The fraction of sp³-hybridized carbons (Fsp3) is 0.0833. The van der Waals surface area contributed by atoms with Gasteiger partial charge in [-0.2, -0.15) is 5.26 Å². The Morgan fingerprint density at radius 2 is 2.11 bits per heavy atom. The number of hydrogen-bond donors (Lipinski definition) is 1. The SMILES string of the molecule is N#Cc1nccnc1NCc1ccc(Br)c(F)c1. The van der Waals surface area contributed by atoms with Crippen LogP contribution in [-0.4, -0.2) is 9.97 Å². The van der Waals surface area contributed by atoms with Gasteiger partial charge in [0, 0.05) is 18.9 Å². The maximum absolute atomic E-state index is 13.3. The van der Waals surface area contributed by atoms with Crippen molar-refractivity contribution in [3.05, 3.63) is 52.1 Å². The minimum absolute atomic E-state index is 0.218. The first-order chi connectivity index (χ1) is 8.70. The predicted octanol–water partition coefficient (Wildman–Crippen LogP) is 2.86. The second kappa shape index (κ2) is 5.56. The summed E-state index contributed by atoms with van der Waals surface area (Å²) in [6.07, 6.45) is 2.94. The van der Waals surface area contributed by atoms with Crippen molar-refractivity contribution in [2.45, 2.75) is 6.54 Å². The molecule has 6 heteroatoms. The van der Waals surface area contributed by atoms with Crippen LogP contribution in [0.4, 0.5) is 10.2 Å². The Kier molecular flexibility index (Phi) is 3.85. The van der Waals surface area contributed by atoms with Crippen LogP contribution in [0.15, 0.2) is 35.1 Å². The molecule has 0 atom stereocenters. The lowest BCUT2D eigenvalue weighted by Crippen LogP contribution is -2.04. The van der Waals surface area contributed by atoms with Crippen molar-refractivity contribution in [3.8, 4) is 6.07 Å². The number of hydrogen-bond acceptors (Lipinski definition) is 4. The monoisotopic (exact) mass is 306 g/mol. The molecule has 0 bridgehead atoms. The van der Waals surface area contributed by atoms with Crippen LogP contribution in [0.1, 0.15) is 11.3 Å². The Balaban J connectivity index is 2.12. The van der Waals surface area contributed by atoms with Crippen LogP contribution in [0, 0.1) is 17.1 Å². The van der Waals surface area contributed by atoms with Crippen molar-refractivity contribution >= 4 is 21.7 Å². The number of nitriles is 1. The Hall–Kier alpha value is -2.00. The van der Waals surface area contributed by atoms with Crippen molar-refractivity contribution in [2.75, 3.05) is 5.32 Å². The zero-order valence-corrected chi connectivity index (χ0v) is 10.8. The normalized spacial score (nSPS) is 9.83. The van der Waals surface area contributed by atoms with Gasteiger partial charge in [0.25, 0.3) is 0 Å². The van der Waals surface area contributed by atoms with E-state index in [4.69, 9.17) is 5.26 Å². The van der Waals surface area contributed by atoms with E-state index in [9.17, 15) is 4.39 Å². The van der Waals surface area contributed by atoms with Crippen molar-refractivity contribution in [1.29, 1.82) is 5.26 Å². The Morgan fingerprint density at radius 1 is 1.33 bits per heavy atom. The molecule has 1 N–H and O–H groups in total. The molecule has 0 aliphatic heterocycles. The molecule has 0 aliphatic rings. The van der Waals surface area contributed by atoms with E-state index < -0.39 is 0 Å². The van der Waals surface area contributed by atoms with E-state index in [0.717, 1.165) is 5.56 Å². The maximum atomic E-state index is 13.3. The average molecular weight is 307 g/mol. The number of aromatic nitrogens is 2. The first-order valence-electron chi connectivity index (χ1n) is 5.09. The van der Waals surface area contributed by atoms with Crippen LogP contribution in [0.5, 0.6) is 0 Å². The summed E-state index contributed by atoms with van der Waals surface area (Å²) in [6, 6.07) is 6.76. The standard InChI is InChI=1S/C12H8BrFN4/c13-9-2-1-8(5-10(9)14)7-18-12-11(6-15)16-3-4-17-12/h1-5H,7H2,(H,17,18). The summed E-state index contributed by atoms with van der Waals surface area (Å²) in [4.78, 5) is 7.88. The molecule has 0 saturated carbocycles. The number of anilines is 1. The smallest absolute Gasteiger partial charge is 0.182 e. The first kappa shape index (κ1) is 12.5. The highest BCUT2D eigenvalue weighted by atomic mass is 79.9. The van der Waals surface area contributed by atoms with Crippen LogP contribution in [0.3, 0.4) is 0 Å². The second-order valence-corrected chi connectivity index (χ2v) is 4.32. The van der Waals surface area contributed by atoms with Gasteiger partial charge in [-0.15, -0.1) is 0 Å². The molecule has 0 saturated heterocycles. The van der Waals surface area contributed by atoms with Crippen LogP contribution in [0.2, 0.25) is 0 Å². The van der Waals surface area contributed by atoms with Gasteiger partial charge in [-0.1, -0.05) is 6.07 Å². The van der Waals surface area contributed by atoms with Gasteiger partial charge in [-0.25, -0.2) is 14.4 Å². The Morgan fingerprint density at radius 3 is 2.83 bits per heavy atom. The molecule has 2 aromatic rings. The number of benzene rings is 1. The van der Waals surface area contributed by atoms with Crippen molar-refractivity contribution < 1.29 is 4.39 Å². The third-order valence-electron chi connectivity index (χ3n) is 2.25. The lowest BCUT2D eigenvalue weighted by atomic mass is 10.2. The largest absolute Gasteiger partial charge is 0.364 e. The number of nitrogens with zero attached hydrogens (tertiary/aromatic N) is 3. The fourth-order valence-electron chi connectivity index (χ4n) is 1.38. The molecule has 4 nitrogen and oxygen atoms in total. The Bertz CT molecular complexity index is 609. The zero-order valence-electron chi connectivity index (χ0n) is 9.19. The highest BCUT2D eigenvalue weighted by Gasteiger charge is 2.04. The van der Waals surface area contributed by atoms with E-state index in [-0.39, 0.29) is 11.5 Å². The summed E-state index contributed by atoms with van der Waals surface area (Å²) < 4.78 is 13.7. The van der Waals surface area contributed by atoms with Gasteiger partial charge in [-0.3, -0.25) is 0 Å². The highest BCUT2D eigenvalue weighted by Crippen LogP contribution is 2.17. The molecule has 1 aromatic carbocycles. The van der Waals surface area contributed by atoms with Gasteiger partial charge in [0.15, 0.2) is 11.5 Å². The lowest BCUT2D eigenvalue weighted by molar-refractivity contribution is 0.619. The predicted molar refractivity (Wildman–Crippen MR) is 68.2 cm³/mol. The molecule has 0 spiro atoms. The van der Waals surface area contributed by atoms with Gasteiger partial charge in [0.2, 0.25) is 0 Å². The molecule has 18 heavy (non-hydrogen) atoms. The molecule has 0 aliphatic carbocycles. The maximum Gasteiger partial charge on any atom is 0.182 e. The van der Waals surface area contributed by atoms with Crippen LogP contribution < -0.4 is 5.32 Å². The third kappa shape index (κ3) is 2.81. The molecule has 1 aromatic heterocycles. The van der Waals surface area contributed by atoms with Gasteiger partial charge in [0.05, 0.1) is 4.47 Å². The molecule has 1 heterocycles. The zero-order chi connectivity index (χ0) is 13.0. The number of halogens is 2. The second-order valence-electron chi connectivity index (χ2n) is 3.47. The van der Waals surface area contributed by atoms with Crippen LogP contribution >= 0.6 is 15.9 Å². The number of rotatable bonds is 3. The van der Waals surface area contributed by atoms with Crippen LogP contribution in [0.25, 0.3) is 0 Å². The lowest BCUT2D eigenvalue weighted by Gasteiger charge is -2.06. The summed E-state index contributed by atoms with van der Waals surface area (Å²) in [5, 5.41) is 11.8. The minimum Gasteiger partial charge on any atom is -0.364 e. The van der Waals surface area contributed by atoms with E-state index in [0.29, 0.717) is 16.8 Å². The summed E-state index contributed by atoms with van der Waals surface area (Å²) >= 11 is 3.09. The average Bonchev–Trinajstić information content (AvgIpc) is 2.40. The van der Waals surface area contributed by atoms with Crippen molar-refractivity contribution in [3.63, 3.8) is 0 Å². The molecular formula is C12H8BrFN4. The van der Waals surface area contributed by atoms with Gasteiger partial charge < -0.3 is 5.32 Å². The van der Waals surface area contributed by atoms with Gasteiger partial charge >= 0.3 is 0 Å². The topological polar surface area (TPSA) is 61.6 Å². The van der Waals surface area contributed by atoms with E-state index in [1.807, 2.05) is 6.07 Å². The van der Waals surface area contributed by atoms with E-state index >= 15 is 0 Å². The molecule has 0 unspecified atom stereocenters. The molecular weight excluding hydrogens is 299 g/mol. The number of nitrogens with one attached hydrogen (secondary N) is 1. The summed E-state index contributed by atoms with van der Waals surface area (Å²) in [7, 11) is 0. The summed E-state index contributed by atoms with van der Waals surface area (Å²) in [6.45, 7) is 0.373. The van der Waals surface area contributed by atoms with Crippen LogP contribution in [-0.2, 0) is 6.54 Å². The van der Waals surface area contributed by atoms with E-state index in [1.165, 1.54) is 18.5 Å². The molecule has 0 amide bonds. The molecule has 0 radical (unpaired) electrons. The fourth-order valence-corrected chi connectivity index (χ4v) is 1.63. The van der Waals surface area contributed by atoms with Crippen molar-refractivity contribution in [1.82, 2.24) is 9.97 Å². The minimum atomic E-state index is -0.325. The summed E-state index contributed by atoms with van der Waals surface area (Å²) in [5.74, 6) is 0.0669. The first-order valence-corrected chi connectivity index (χ1v) is 5.89. The summed E-state index contributed by atoms with van der Waals surface area (Å²) in [5.41, 5.74) is 0.973. The molecule has 0 fully saturated rings. The van der Waals surface area contributed by atoms with E-state index in [1.54, 1.807) is 12.1 Å². The van der Waals surface area contributed by atoms with Crippen molar-refractivity contribution in [2.24, 2.45) is 0 Å². The van der Waals surface area contributed by atoms with Gasteiger partial charge in [-0.05, 0) is 33.6 Å². The quantitative estimate of drug-likeness (QED) is 0.947. The molecule has 90 valence electrons. The Labute approximate surface area is 112 Å². The third-order valence-corrected chi connectivity index (χ3v) is 2.89. The van der Waals surface area contributed by atoms with E-state index in [2.05, 4.69) is 31.2 Å².